The first kappa shape index (κ1) is 27.7. The minimum Gasteiger partial charge on any atom is -0.507 e. The minimum atomic E-state index is -2.75. The molecule has 0 aromatic heterocycles. The van der Waals surface area contributed by atoms with E-state index in [1.165, 1.54) is 4.90 Å². The number of aliphatic hydroxyl groups is 1. The highest BCUT2D eigenvalue weighted by molar-refractivity contribution is 6.32. The van der Waals surface area contributed by atoms with Gasteiger partial charge in [-0.25, -0.2) is 0 Å². The molecule has 2 unspecified atom stereocenters. The van der Waals surface area contributed by atoms with E-state index in [-0.39, 0.29) is 24.2 Å². The molecule has 3 aliphatic rings. The number of hydrogen-bond donors (Lipinski definition) is 3. The second-order valence-corrected chi connectivity index (χ2v) is 11.7. The molecule has 10 nitrogen and oxygen atoms in total. The molecule has 3 aromatic rings. The Hall–Kier alpha value is -4.41. The van der Waals surface area contributed by atoms with Gasteiger partial charge in [0.2, 0.25) is 5.91 Å². The number of nitrogens with two attached hydrogens (primary N) is 1. The summed E-state index contributed by atoms with van der Waals surface area (Å²) in [5, 5.41) is 24.3. The molecule has 2 fully saturated rings. The standard InChI is InChI=1S/C32H30N2O8/c1-34(2)25-21-13-18-10-17-9-16-8-7-15(14-5-4-6-19(11-14)42-3)12-20(16)26(35)22(17)27(36)23(18)29(38)32(21,41)30(39)24(28(25)37)31(33)40/h4-9,11-12,18,21,23-25,35,41H,10,13H2,1-3H3,(H2,33,40)/t18-,21-,23?,24?,25-,32-/m0/s1. The van der Waals surface area contributed by atoms with Gasteiger partial charge in [-0.05, 0) is 73.1 Å². The molecule has 6 atom stereocenters. The second kappa shape index (κ2) is 9.57. The molecule has 2 saturated carbocycles. The Morgan fingerprint density at radius 1 is 1.02 bits per heavy atom. The number of ketones is 4. The summed E-state index contributed by atoms with van der Waals surface area (Å²) >= 11 is 0. The summed E-state index contributed by atoms with van der Waals surface area (Å²) in [6, 6.07) is 13.6. The van der Waals surface area contributed by atoms with E-state index >= 15 is 0 Å². The third kappa shape index (κ3) is 3.75. The average molecular weight is 571 g/mol. The highest BCUT2D eigenvalue weighted by Crippen LogP contribution is 2.51. The lowest BCUT2D eigenvalue weighted by atomic mass is 9.52. The first-order chi connectivity index (χ1) is 19.9. The van der Waals surface area contributed by atoms with Crippen molar-refractivity contribution in [2.75, 3.05) is 21.2 Å². The normalized spacial score (nSPS) is 28.8. The molecule has 4 N–H and O–H groups in total. The van der Waals surface area contributed by atoms with Crippen LogP contribution < -0.4 is 10.5 Å². The molecular weight excluding hydrogens is 540 g/mol. The Morgan fingerprint density at radius 3 is 2.40 bits per heavy atom. The maximum atomic E-state index is 14.0. The van der Waals surface area contributed by atoms with Crippen LogP contribution in [0.15, 0.2) is 48.5 Å². The van der Waals surface area contributed by atoms with Gasteiger partial charge in [-0.2, -0.15) is 0 Å². The van der Waals surface area contributed by atoms with Crippen molar-refractivity contribution >= 4 is 39.8 Å². The van der Waals surface area contributed by atoms with Crippen molar-refractivity contribution in [1.82, 2.24) is 4.90 Å². The zero-order chi connectivity index (χ0) is 30.2. The number of carbonyl (C=O) groups excluding carboxylic acids is 5. The van der Waals surface area contributed by atoms with E-state index in [1.807, 2.05) is 42.5 Å². The number of carbonyl (C=O) groups is 5. The summed E-state index contributed by atoms with van der Waals surface area (Å²) in [4.78, 5) is 68.2. The van der Waals surface area contributed by atoms with Gasteiger partial charge >= 0.3 is 0 Å². The van der Waals surface area contributed by atoms with Crippen molar-refractivity contribution in [1.29, 1.82) is 0 Å². The number of fused-ring (bicyclic) bond motifs is 4. The van der Waals surface area contributed by atoms with Crippen LogP contribution in [0.5, 0.6) is 11.5 Å². The van der Waals surface area contributed by atoms with E-state index in [0.717, 1.165) is 11.1 Å². The lowest BCUT2D eigenvalue weighted by Crippen LogP contribution is -2.74. The van der Waals surface area contributed by atoms with Crippen LogP contribution in [-0.4, -0.2) is 77.0 Å². The summed E-state index contributed by atoms with van der Waals surface area (Å²) in [6.07, 6.45) is 0.227. The Morgan fingerprint density at radius 2 is 1.74 bits per heavy atom. The van der Waals surface area contributed by atoms with Crippen molar-refractivity contribution in [3.63, 3.8) is 0 Å². The lowest BCUT2D eigenvalue weighted by molar-refractivity contribution is -0.181. The van der Waals surface area contributed by atoms with Gasteiger partial charge < -0.3 is 20.7 Å². The number of primary amides is 1. The van der Waals surface area contributed by atoms with Gasteiger partial charge in [0.15, 0.2) is 34.7 Å². The summed E-state index contributed by atoms with van der Waals surface area (Å²) in [5.74, 6) is -9.91. The van der Waals surface area contributed by atoms with E-state index in [9.17, 15) is 34.2 Å². The fourth-order valence-corrected chi connectivity index (χ4v) is 7.35. The molecule has 0 radical (unpaired) electrons. The Kier molecular flexibility index (Phi) is 6.32. The van der Waals surface area contributed by atoms with Gasteiger partial charge in [0.05, 0.1) is 24.6 Å². The number of likely N-dealkylation sites (N-methyl/N-ethyl adjacent to an activating group) is 1. The molecule has 3 aliphatic carbocycles. The zero-order valence-electron chi connectivity index (χ0n) is 23.3. The molecule has 42 heavy (non-hydrogen) atoms. The third-order valence-electron chi connectivity index (χ3n) is 9.27. The monoisotopic (exact) mass is 570 g/mol. The number of Topliss-reactive ketones (excluding diaryl/α,β-unsaturated/α-hetero) is 4. The van der Waals surface area contributed by atoms with Crippen molar-refractivity contribution in [3.05, 3.63) is 59.7 Å². The van der Waals surface area contributed by atoms with Crippen LogP contribution >= 0.6 is 0 Å². The topological polar surface area (TPSA) is 164 Å². The zero-order valence-corrected chi connectivity index (χ0v) is 23.3. The molecular formula is C32H30N2O8. The third-order valence-corrected chi connectivity index (χ3v) is 9.27. The largest absolute Gasteiger partial charge is 0.507 e. The van der Waals surface area contributed by atoms with Crippen LogP contribution in [0.4, 0.5) is 0 Å². The summed E-state index contributed by atoms with van der Waals surface area (Å²) < 4.78 is 5.32. The number of benzene rings is 3. The summed E-state index contributed by atoms with van der Waals surface area (Å²) in [7, 11) is 4.67. The summed E-state index contributed by atoms with van der Waals surface area (Å²) in [5.41, 5.74) is 4.75. The van der Waals surface area contributed by atoms with Gasteiger partial charge in [0, 0.05) is 11.3 Å². The number of aromatic hydroxyl groups is 1. The molecule has 6 rings (SSSR count). The number of phenols is 1. The van der Waals surface area contributed by atoms with Crippen LogP contribution in [0.1, 0.15) is 22.3 Å². The van der Waals surface area contributed by atoms with Crippen LogP contribution in [-0.2, 0) is 25.6 Å². The highest BCUT2D eigenvalue weighted by atomic mass is 16.5. The van der Waals surface area contributed by atoms with Crippen molar-refractivity contribution < 1.29 is 38.9 Å². The first-order valence-corrected chi connectivity index (χ1v) is 13.7. The molecule has 10 heteroatoms. The van der Waals surface area contributed by atoms with E-state index in [4.69, 9.17) is 10.5 Å². The number of ether oxygens (including phenoxy) is 1. The molecule has 0 aliphatic heterocycles. The number of hydrogen-bond acceptors (Lipinski definition) is 9. The molecule has 0 heterocycles. The van der Waals surface area contributed by atoms with Crippen LogP contribution in [0.2, 0.25) is 0 Å². The maximum Gasteiger partial charge on any atom is 0.235 e. The van der Waals surface area contributed by atoms with Gasteiger partial charge in [-0.3, -0.25) is 28.9 Å². The Bertz CT molecular complexity index is 1730. The number of nitrogens with zero attached hydrogens (tertiary/aromatic N) is 1. The highest BCUT2D eigenvalue weighted by Gasteiger charge is 2.69. The predicted molar refractivity (Wildman–Crippen MR) is 151 cm³/mol. The first-order valence-electron chi connectivity index (χ1n) is 13.7. The molecule has 3 aromatic carbocycles. The van der Waals surface area contributed by atoms with Gasteiger partial charge in [0.25, 0.3) is 0 Å². The van der Waals surface area contributed by atoms with Crippen molar-refractivity contribution in [2.24, 2.45) is 29.4 Å². The number of amides is 1. The van der Waals surface area contributed by atoms with E-state index in [0.29, 0.717) is 22.1 Å². The van der Waals surface area contributed by atoms with Crippen molar-refractivity contribution in [3.8, 4) is 22.6 Å². The van der Waals surface area contributed by atoms with E-state index < -0.39 is 64.4 Å². The Labute approximate surface area is 241 Å². The predicted octanol–water partition coefficient (Wildman–Crippen LogP) is 1.70. The minimum absolute atomic E-state index is 0.0114. The number of phenolic OH excluding ortho intramolecular Hbond substituents is 1. The molecule has 216 valence electrons. The molecule has 1 amide bonds. The lowest BCUT2D eigenvalue weighted by Gasteiger charge is -2.52. The molecule has 0 spiro atoms. The van der Waals surface area contributed by atoms with E-state index in [1.54, 1.807) is 27.3 Å². The van der Waals surface area contributed by atoms with E-state index in [2.05, 4.69) is 0 Å². The Balaban J connectivity index is 1.46. The number of methoxy groups -OCH3 is 1. The number of rotatable bonds is 4. The van der Waals surface area contributed by atoms with Crippen LogP contribution in [0, 0.1) is 23.7 Å². The average Bonchev–Trinajstić information content (AvgIpc) is 2.94. The van der Waals surface area contributed by atoms with Gasteiger partial charge in [-0.15, -0.1) is 0 Å². The van der Waals surface area contributed by atoms with Gasteiger partial charge in [0.1, 0.15) is 11.5 Å². The maximum absolute atomic E-state index is 14.0. The van der Waals surface area contributed by atoms with Crippen LogP contribution in [0.25, 0.3) is 21.9 Å². The fraction of sp³-hybridized carbons (Fsp3) is 0.344. The molecule has 0 bridgehead atoms. The van der Waals surface area contributed by atoms with Crippen LogP contribution in [0.3, 0.4) is 0 Å². The van der Waals surface area contributed by atoms with Gasteiger partial charge in [-0.1, -0.05) is 30.3 Å². The fourth-order valence-electron chi connectivity index (χ4n) is 7.35. The van der Waals surface area contributed by atoms with Crippen molar-refractivity contribution in [2.45, 2.75) is 24.5 Å². The SMILES string of the molecule is COc1cccc(-c2ccc3cc4c(c(O)c3c2)C(=O)C2C(=O)[C@]3(O)C(=O)C(C(N)=O)C(=O)[C@@H](N(C)C)[C@@H]3C[C@@H]2C4)c1. The summed E-state index contributed by atoms with van der Waals surface area (Å²) in [6.45, 7) is 0. The quantitative estimate of drug-likeness (QED) is 0.396. The second-order valence-electron chi connectivity index (χ2n) is 11.7. The molecule has 0 saturated heterocycles. The smallest absolute Gasteiger partial charge is 0.235 e.